The Kier molecular flexibility index (Phi) is 4.92. The summed E-state index contributed by atoms with van der Waals surface area (Å²) in [7, 11) is 4.04. The Balaban J connectivity index is 1.98. The van der Waals surface area contributed by atoms with E-state index in [0.29, 0.717) is 10.6 Å². The lowest BCUT2D eigenvalue weighted by molar-refractivity contribution is 1.06. The number of hydrogen-bond acceptors (Lipinski definition) is 2. The molecule has 0 unspecified atom stereocenters. The highest BCUT2D eigenvalue weighted by molar-refractivity contribution is 6.30. The summed E-state index contributed by atoms with van der Waals surface area (Å²) in [6.45, 7) is 0. The minimum Gasteiger partial charge on any atom is -0.378 e. The van der Waals surface area contributed by atoms with Crippen molar-refractivity contribution in [3.63, 3.8) is 0 Å². The zero-order valence-electron chi connectivity index (χ0n) is 14.1. The van der Waals surface area contributed by atoms with Gasteiger partial charge < -0.3 is 9.47 Å². The van der Waals surface area contributed by atoms with E-state index in [4.69, 9.17) is 11.6 Å². The van der Waals surface area contributed by atoms with Crippen LogP contribution in [0, 0.1) is 11.3 Å². The summed E-state index contributed by atoms with van der Waals surface area (Å²) in [6, 6.07) is 21.8. The minimum absolute atomic E-state index is 0.599. The van der Waals surface area contributed by atoms with Crippen LogP contribution in [-0.2, 0) is 0 Å². The topological polar surface area (TPSA) is 32.0 Å². The molecule has 0 spiro atoms. The maximum absolute atomic E-state index is 9.54. The molecule has 3 aromatic rings. The van der Waals surface area contributed by atoms with Crippen molar-refractivity contribution in [1.29, 1.82) is 5.26 Å². The largest absolute Gasteiger partial charge is 0.378 e. The van der Waals surface area contributed by atoms with E-state index in [-0.39, 0.29) is 0 Å². The van der Waals surface area contributed by atoms with Gasteiger partial charge in [-0.2, -0.15) is 5.26 Å². The fraction of sp³-hybridized carbons (Fsp3) is 0.0952. The van der Waals surface area contributed by atoms with Gasteiger partial charge in [-0.15, -0.1) is 0 Å². The van der Waals surface area contributed by atoms with Crippen molar-refractivity contribution < 1.29 is 0 Å². The fourth-order valence-corrected chi connectivity index (χ4v) is 2.74. The summed E-state index contributed by atoms with van der Waals surface area (Å²) in [4.78, 5) is 2.06. The predicted molar refractivity (Wildman–Crippen MR) is 105 cm³/mol. The summed E-state index contributed by atoms with van der Waals surface area (Å²) >= 11 is 5.93. The van der Waals surface area contributed by atoms with Crippen LogP contribution in [0.1, 0.15) is 11.3 Å². The number of rotatable bonds is 4. The van der Waals surface area contributed by atoms with Crippen molar-refractivity contribution >= 4 is 28.9 Å². The fourth-order valence-electron chi connectivity index (χ4n) is 2.62. The van der Waals surface area contributed by atoms with Crippen molar-refractivity contribution in [2.45, 2.75) is 0 Å². The molecular weight excluding hydrogens is 330 g/mol. The first-order valence-electron chi connectivity index (χ1n) is 7.91. The maximum atomic E-state index is 9.54. The monoisotopic (exact) mass is 347 g/mol. The summed E-state index contributed by atoms with van der Waals surface area (Å²) < 4.78 is 2.06. The van der Waals surface area contributed by atoms with Gasteiger partial charge >= 0.3 is 0 Å². The predicted octanol–water partition coefficient (Wildman–Crippen LogP) is 5.26. The number of allylic oxidation sites excluding steroid dienone is 1. The van der Waals surface area contributed by atoms with Crippen LogP contribution in [0.3, 0.4) is 0 Å². The lowest BCUT2D eigenvalue weighted by Crippen LogP contribution is -2.08. The highest BCUT2D eigenvalue weighted by atomic mass is 35.5. The summed E-state index contributed by atoms with van der Waals surface area (Å²) in [5.41, 5.74) is 4.59. The van der Waals surface area contributed by atoms with Gasteiger partial charge in [0.2, 0.25) is 0 Å². The number of anilines is 1. The lowest BCUT2D eigenvalue weighted by atomic mass is 10.1. The molecule has 0 aliphatic rings. The average Bonchev–Trinajstić information content (AvgIpc) is 3.09. The zero-order valence-corrected chi connectivity index (χ0v) is 14.9. The van der Waals surface area contributed by atoms with Crippen molar-refractivity contribution in [3.8, 4) is 11.8 Å². The smallest absolute Gasteiger partial charge is 0.0998 e. The third-order valence-electron chi connectivity index (χ3n) is 3.99. The van der Waals surface area contributed by atoms with E-state index in [1.807, 2.05) is 50.6 Å². The molecule has 0 saturated heterocycles. The van der Waals surface area contributed by atoms with Gasteiger partial charge in [0.15, 0.2) is 0 Å². The third kappa shape index (κ3) is 3.76. The molecule has 25 heavy (non-hydrogen) atoms. The van der Waals surface area contributed by atoms with E-state index in [2.05, 4.69) is 39.8 Å². The molecule has 0 radical (unpaired) electrons. The molecule has 0 aliphatic carbocycles. The number of halogens is 1. The van der Waals surface area contributed by atoms with E-state index < -0.39 is 0 Å². The number of aromatic nitrogens is 1. The number of hydrogen-bond donors (Lipinski definition) is 0. The lowest BCUT2D eigenvalue weighted by Gasteiger charge is -2.14. The highest BCUT2D eigenvalue weighted by Gasteiger charge is 2.06. The highest BCUT2D eigenvalue weighted by Crippen LogP contribution is 2.23. The molecular formula is C21H18ClN3. The molecule has 0 bridgehead atoms. The summed E-state index contributed by atoms with van der Waals surface area (Å²) in [6.07, 6.45) is 3.89. The van der Waals surface area contributed by atoms with Gasteiger partial charge in [0, 0.05) is 42.4 Å². The van der Waals surface area contributed by atoms with Crippen molar-refractivity contribution in [2.24, 2.45) is 0 Å². The quantitative estimate of drug-likeness (QED) is 0.603. The van der Waals surface area contributed by atoms with Crippen LogP contribution >= 0.6 is 11.6 Å². The van der Waals surface area contributed by atoms with Crippen LogP contribution in [0.2, 0.25) is 5.02 Å². The molecule has 124 valence electrons. The normalized spacial score (nSPS) is 11.2. The van der Waals surface area contributed by atoms with Crippen LogP contribution in [0.5, 0.6) is 0 Å². The van der Waals surface area contributed by atoms with Crippen molar-refractivity contribution in [3.05, 3.63) is 83.1 Å². The Hall–Kier alpha value is -2.96. The van der Waals surface area contributed by atoms with E-state index in [0.717, 1.165) is 22.6 Å². The SMILES string of the molecule is CN(C)c1ccc(-n2cccc2/C=C(/C#N)c2ccc(Cl)cc2)cc1. The van der Waals surface area contributed by atoms with Gasteiger partial charge in [-0.05, 0) is 60.2 Å². The molecule has 1 aromatic heterocycles. The molecule has 0 N–H and O–H groups in total. The Labute approximate surface area is 153 Å². The molecule has 0 aliphatic heterocycles. The van der Waals surface area contributed by atoms with E-state index in [9.17, 15) is 5.26 Å². The van der Waals surface area contributed by atoms with Gasteiger partial charge in [0.1, 0.15) is 0 Å². The second-order valence-corrected chi connectivity index (χ2v) is 6.33. The second kappa shape index (κ2) is 7.29. The minimum atomic E-state index is 0.599. The molecule has 0 fully saturated rings. The van der Waals surface area contributed by atoms with Crippen LogP contribution in [0.4, 0.5) is 5.69 Å². The molecule has 2 aromatic carbocycles. The Morgan fingerprint density at radius 1 is 1.04 bits per heavy atom. The Morgan fingerprint density at radius 2 is 1.72 bits per heavy atom. The molecule has 1 heterocycles. The van der Waals surface area contributed by atoms with Gasteiger partial charge in [0.05, 0.1) is 11.6 Å². The summed E-state index contributed by atoms with van der Waals surface area (Å²) in [5.74, 6) is 0. The molecule has 0 saturated carbocycles. The summed E-state index contributed by atoms with van der Waals surface area (Å²) in [5, 5.41) is 10.2. The van der Waals surface area contributed by atoms with Gasteiger partial charge in [-0.25, -0.2) is 0 Å². The number of nitrogens with zero attached hydrogens (tertiary/aromatic N) is 3. The third-order valence-corrected chi connectivity index (χ3v) is 4.24. The standard InChI is InChI=1S/C21H18ClN3/c1-24(2)19-9-11-20(12-10-19)25-13-3-4-21(25)14-17(15-23)16-5-7-18(22)8-6-16/h3-14H,1-2H3/b17-14-. The average molecular weight is 348 g/mol. The van der Waals surface area contributed by atoms with Crippen LogP contribution in [0.15, 0.2) is 66.9 Å². The molecule has 3 rings (SSSR count). The van der Waals surface area contributed by atoms with Gasteiger partial charge in [-0.1, -0.05) is 23.7 Å². The molecule has 0 atom stereocenters. The number of nitriles is 1. The first kappa shape index (κ1) is 16.9. The molecule has 4 heteroatoms. The van der Waals surface area contributed by atoms with Crippen LogP contribution < -0.4 is 4.90 Å². The van der Waals surface area contributed by atoms with Crippen molar-refractivity contribution in [2.75, 3.05) is 19.0 Å². The Morgan fingerprint density at radius 3 is 2.32 bits per heavy atom. The van der Waals surface area contributed by atoms with E-state index in [1.54, 1.807) is 12.1 Å². The molecule has 0 amide bonds. The zero-order chi connectivity index (χ0) is 17.8. The van der Waals surface area contributed by atoms with Crippen LogP contribution in [-0.4, -0.2) is 18.7 Å². The maximum Gasteiger partial charge on any atom is 0.0998 e. The second-order valence-electron chi connectivity index (χ2n) is 5.89. The van der Waals surface area contributed by atoms with Crippen molar-refractivity contribution in [1.82, 2.24) is 4.57 Å². The van der Waals surface area contributed by atoms with Gasteiger partial charge in [0.25, 0.3) is 0 Å². The number of benzene rings is 2. The van der Waals surface area contributed by atoms with E-state index in [1.165, 1.54) is 0 Å². The first-order valence-corrected chi connectivity index (χ1v) is 8.29. The van der Waals surface area contributed by atoms with Gasteiger partial charge in [-0.3, -0.25) is 0 Å². The van der Waals surface area contributed by atoms with Crippen LogP contribution in [0.25, 0.3) is 17.3 Å². The Bertz CT molecular complexity index is 927. The first-order chi connectivity index (χ1) is 12.1. The van der Waals surface area contributed by atoms with E-state index >= 15 is 0 Å². The molecule has 3 nitrogen and oxygen atoms in total.